The Kier molecular flexibility index (Phi) is 3.18. The Hall–Kier alpha value is -2.17. The summed E-state index contributed by atoms with van der Waals surface area (Å²) in [6, 6.07) is 10.1. The van der Waals surface area contributed by atoms with Crippen LogP contribution in [0.5, 0.6) is 0 Å². The van der Waals surface area contributed by atoms with Gasteiger partial charge >= 0.3 is 0 Å². The normalized spacial score (nSPS) is 10.2. The number of anilines is 2. The molecule has 0 aliphatic carbocycles. The summed E-state index contributed by atoms with van der Waals surface area (Å²) in [5.74, 6) is 1.48. The smallest absolute Gasteiger partial charge is 0.230 e. The van der Waals surface area contributed by atoms with E-state index in [0.717, 1.165) is 6.54 Å². The van der Waals surface area contributed by atoms with Gasteiger partial charge in [0.1, 0.15) is 5.82 Å². The number of aromatic nitrogens is 3. The Morgan fingerprint density at radius 1 is 1.12 bits per heavy atom. The molecule has 0 spiro atoms. The maximum atomic E-state index is 5.60. The number of nitrogen functional groups attached to an aromatic ring is 1. The molecule has 0 unspecified atom stereocenters. The molecule has 5 heteroatoms. The Morgan fingerprint density at radius 3 is 2.47 bits per heavy atom. The number of hydrogen-bond acceptors (Lipinski definition) is 5. The van der Waals surface area contributed by atoms with E-state index in [2.05, 4.69) is 27.1 Å². The molecule has 0 saturated carbocycles. The molecule has 0 aliphatic rings. The average Bonchev–Trinajstić information content (AvgIpc) is 2.29. The molecule has 1 aromatic heterocycles. The van der Waals surface area contributed by atoms with Crippen molar-refractivity contribution in [3.8, 4) is 0 Å². The fraction of sp³-hybridized carbons (Fsp3) is 0.250. The molecule has 17 heavy (non-hydrogen) atoms. The second-order valence-electron chi connectivity index (χ2n) is 3.88. The summed E-state index contributed by atoms with van der Waals surface area (Å²) in [6.45, 7) is 2.54. The molecular formula is C12H15N5. The second-order valence-corrected chi connectivity index (χ2v) is 3.88. The van der Waals surface area contributed by atoms with E-state index in [1.54, 1.807) is 6.92 Å². The van der Waals surface area contributed by atoms with Crippen molar-refractivity contribution < 1.29 is 0 Å². The van der Waals surface area contributed by atoms with Gasteiger partial charge in [-0.05, 0) is 12.5 Å². The summed E-state index contributed by atoms with van der Waals surface area (Å²) in [5, 5.41) is 0. The van der Waals surface area contributed by atoms with Crippen LogP contribution in [0.1, 0.15) is 11.4 Å². The van der Waals surface area contributed by atoms with Gasteiger partial charge in [0.2, 0.25) is 11.9 Å². The fourth-order valence-electron chi connectivity index (χ4n) is 1.59. The predicted octanol–water partition coefficient (Wildman–Crippen LogP) is 1.40. The lowest BCUT2D eigenvalue weighted by Crippen LogP contribution is -2.20. The van der Waals surface area contributed by atoms with Crippen LogP contribution in [0, 0.1) is 6.92 Å². The van der Waals surface area contributed by atoms with Gasteiger partial charge in [-0.2, -0.15) is 15.0 Å². The number of aryl methyl sites for hydroxylation is 1. The molecule has 2 N–H and O–H groups in total. The number of rotatable bonds is 3. The largest absolute Gasteiger partial charge is 0.368 e. The lowest BCUT2D eigenvalue weighted by Gasteiger charge is -2.17. The number of nitrogens with zero attached hydrogens (tertiary/aromatic N) is 4. The minimum absolute atomic E-state index is 0.257. The summed E-state index contributed by atoms with van der Waals surface area (Å²) >= 11 is 0. The van der Waals surface area contributed by atoms with Gasteiger partial charge in [-0.1, -0.05) is 30.3 Å². The van der Waals surface area contributed by atoms with Gasteiger partial charge in [0, 0.05) is 13.6 Å². The van der Waals surface area contributed by atoms with E-state index in [9.17, 15) is 0 Å². The van der Waals surface area contributed by atoms with E-state index in [4.69, 9.17) is 5.73 Å². The van der Waals surface area contributed by atoms with Crippen molar-refractivity contribution in [2.75, 3.05) is 17.7 Å². The highest BCUT2D eigenvalue weighted by Crippen LogP contribution is 2.11. The van der Waals surface area contributed by atoms with Crippen LogP contribution in [0.15, 0.2) is 30.3 Å². The fourth-order valence-corrected chi connectivity index (χ4v) is 1.59. The first-order valence-electron chi connectivity index (χ1n) is 5.38. The van der Waals surface area contributed by atoms with Crippen molar-refractivity contribution in [2.45, 2.75) is 13.5 Å². The predicted molar refractivity (Wildman–Crippen MR) is 67.5 cm³/mol. The van der Waals surface area contributed by atoms with Gasteiger partial charge in [0.25, 0.3) is 0 Å². The zero-order valence-corrected chi connectivity index (χ0v) is 9.96. The summed E-state index contributed by atoms with van der Waals surface area (Å²) in [6.07, 6.45) is 0. The van der Waals surface area contributed by atoms with Crippen molar-refractivity contribution >= 4 is 11.9 Å². The molecule has 2 aromatic rings. The highest BCUT2D eigenvalue weighted by molar-refractivity contribution is 5.35. The van der Waals surface area contributed by atoms with Crippen LogP contribution < -0.4 is 10.6 Å². The summed E-state index contributed by atoms with van der Waals surface area (Å²) in [4.78, 5) is 14.3. The lowest BCUT2D eigenvalue weighted by molar-refractivity contribution is 0.842. The minimum atomic E-state index is 0.257. The standard InChI is InChI=1S/C12H15N5/c1-9-14-11(13)16-12(15-9)17(2)8-10-6-4-3-5-7-10/h3-7H,8H2,1-2H3,(H2,13,14,15,16). The first-order valence-corrected chi connectivity index (χ1v) is 5.38. The van der Waals surface area contributed by atoms with E-state index < -0.39 is 0 Å². The molecule has 0 bridgehead atoms. The van der Waals surface area contributed by atoms with Gasteiger partial charge in [-0.3, -0.25) is 0 Å². The zero-order chi connectivity index (χ0) is 12.3. The number of benzene rings is 1. The number of nitrogens with two attached hydrogens (primary N) is 1. The monoisotopic (exact) mass is 229 g/mol. The van der Waals surface area contributed by atoms with E-state index in [1.165, 1.54) is 5.56 Å². The van der Waals surface area contributed by atoms with E-state index >= 15 is 0 Å². The lowest BCUT2D eigenvalue weighted by atomic mass is 10.2. The Labute approximate surface area is 100 Å². The molecule has 0 atom stereocenters. The van der Waals surface area contributed by atoms with Gasteiger partial charge in [0.15, 0.2) is 0 Å². The molecule has 0 radical (unpaired) electrons. The van der Waals surface area contributed by atoms with Gasteiger partial charge in [-0.25, -0.2) is 0 Å². The van der Waals surface area contributed by atoms with Crippen molar-refractivity contribution in [1.82, 2.24) is 15.0 Å². The molecule has 5 nitrogen and oxygen atoms in total. The van der Waals surface area contributed by atoms with Crippen molar-refractivity contribution in [1.29, 1.82) is 0 Å². The Balaban J connectivity index is 2.17. The van der Waals surface area contributed by atoms with Crippen molar-refractivity contribution in [3.63, 3.8) is 0 Å². The summed E-state index contributed by atoms with van der Waals surface area (Å²) < 4.78 is 0. The molecule has 0 amide bonds. The average molecular weight is 229 g/mol. The first kappa shape index (κ1) is 11.3. The molecule has 0 fully saturated rings. The van der Waals surface area contributed by atoms with Crippen LogP contribution in [0.4, 0.5) is 11.9 Å². The van der Waals surface area contributed by atoms with Crippen LogP contribution in [0.2, 0.25) is 0 Å². The van der Waals surface area contributed by atoms with E-state index in [1.807, 2.05) is 30.1 Å². The Bertz CT molecular complexity index is 477. The third-order valence-corrected chi connectivity index (χ3v) is 2.36. The van der Waals surface area contributed by atoms with Gasteiger partial charge in [-0.15, -0.1) is 0 Å². The highest BCUT2D eigenvalue weighted by Gasteiger charge is 2.07. The Morgan fingerprint density at radius 2 is 1.82 bits per heavy atom. The van der Waals surface area contributed by atoms with E-state index in [0.29, 0.717) is 11.8 Å². The third-order valence-electron chi connectivity index (χ3n) is 2.36. The summed E-state index contributed by atoms with van der Waals surface area (Å²) in [7, 11) is 1.93. The van der Waals surface area contributed by atoms with Gasteiger partial charge < -0.3 is 10.6 Å². The maximum absolute atomic E-state index is 5.60. The quantitative estimate of drug-likeness (QED) is 0.861. The topological polar surface area (TPSA) is 67.9 Å². The molecule has 1 heterocycles. The van der Waals surface area contributed by atoms with Gasteiger partial charge in [0.05, 0.1) is 0 Å². The third kappa shape index (κ3) is 2.90. The van der Waals surface area contributed by atoms with Crippen molar-refractivity contribution in [3.05, 3.63) is 41.7 Å². The maximum Gasteiger partial charge on any atom is 0.230 e. The summed E-state index contributed by atoms with van der Waals surface area (Å²) in [5.41, 5.74) is 6.80. The van der Waals surface area contributed by atoms with Crippen LogP contribution in [-0.2, 0) is 6.54 Å². The minimum Gasteiger partial charge on any atom is -0.368 e. The molecule has 88 valence electrons. The first-order chi connectivity index (χ1) is 8.15. The molecule has 1 aromatic carbocycles. The van der Waals surface area contributed by atoms with Crippen LogP contribution in [-0.4, -0.2) is 22.0 Å². The molecule has 0 saturated heterocycles. The molecule has 0 aliphatic heterocycles. The van der Waals surface area contributed by atoms with Crippen LogP contribution >= 0.6 is 0 Å². The van der Waals surface area contributed by atoms with Crippen LogP contribution in [0.25, 0.3) is 0 Å². The highest BCUT2D eigenvalue weighted by atomic mass is 15.3. The van der Waals surface area contributed by atoms with Crippen LogP contribution in [0.3, 0.4) is 0 Å². The van der Waals surface area contributed by atoms with E-state index in [-0.39, 0.29) is 5.95 Å². The molecular weight excluding hydrogens is 214 g/mol. The number of hydrogen-bond donors (Lipinski definition) is 1. The second kappa shape index (κ2) is 4.78. The SMILES string of the molecule is Cc1nc(N)nc(N(C)Cc2ccccc2)n1. The molecule has 2 rings (SSSR count). The zero-order valence-electron chi connectivity index (χ0n) is 9.96. The van der Waals surface area contributed by atoms with Crippen molar-refractivity contribution in [2.24, 2.45) is 0 Å².